The number of sulfonamides is 1. The SMILES string of the molecule is C=CCCOCCNS(=O)(=O)c1ccc(CC)c(N)c1. The van der Waals surface area contributed by atoms with Gasteiger partial charge >= 0.3 is 0 Å². The van der Waals surface area contributed by atoms with Crippen molar-refractivity contribution < 1.29 is 13.2 Å². The van der Waals surface area contributed by atoms with Gasteiger partial charge in [0.2, 0.25) is 10.0 Å². The van der Waals surface area contributed by atoms with Gasteiger partial charge in [-0.15, -0.1) is 6.58 Å². The normalized spacial score (nSPS) is 11.4. The van der Waals surface area contributed by atoms with Crippen molar-refractivity contribution in [2.24, 2.45) is 0 Å². The molecule has 0 aliphatic rings. The summed E-state index contributed by atoms with van der Waals surface area (Å²) in [4.78, 5) is 0.179. The Labute approximate surface area is 120 Å². The molecule has 1 aromatic carbocycles. The molecule has 6 heteroatoms. The number of nitrogens with one attached hydrogen (secondary N) is 1. The fraction of sp³-hybridized carbons (Fsp3) is 0.429. The van der Waals surface area contributed by atoms with Crippen molar-refractivity contribution in [2.45, 2.75) is 24.7 Å². The fourth-order valence-corrected chi connectivity index (χ4v) is 2.71. The van der Waals surface area contributed by atoms with Crippen LogP contribution in [0.3, 0.4) is 0 Å². The van der Waals surface area contributed by atoms with Crippen molar-refractivity contribution in [3.63, 3.8) is 0 Å². The first-order chi connectivity index (χ1) is 9.51. The number of anilines is 1. The zero-order valence-corrected chi connectivity index (χ0v) is 12.6. The van der Waals surface area contributed by atoms with Gasteiger partial charge in [-0.05, 0) is 30.5 Å². The molecule has 1 rings (SSSR count). The number of hydrogen-bond acceptors (Lipinski definition) is 4. The molecule has 0 bridgehead atoms. The summed E-state index contributed by atoms with van der Waals surface area (Å²) in [6, 6.07) is 4.79. The van der Waals surface area contributed by atoms with E-state index in [-0.39, 0.29) is 11.4 Å². The highest BCUT2D eigenvalue weighted by molar-refractivity contribution is 7.89. The van der Waals surface area contributed by atoms with Crippen LogP contribution in [0.15, 0.2) is 35.7 Å². The van der Waals surface area contributed by atoms with Gasteiger partial charge in [-0.2, -0.15) is 0 Å². The molecule has 0 unspecified atom stereocenters. The van der Waals surface area contributed by atoms with Crippen LogP contribution in [0.1, 0.15) is 18.9 Å². The third-order valence-corrected chi connectivity index (χ3v) is 4.27. The van der Waals surface area contributed by atoms with E-state index in [2.05, 4.69) is 11.3 Å². The van der Waals surface area contributed by atoms with Gasteiger partial charge in [-0.1, -0.05) is 19.1 Å². The van der Waals surface area contributed by atoms with E-state index in [0.29, 0.717) is 18.9 Å². The summed E-state index contributed by atoms with van der Waals surface area (Å²) in [5.41, 5.74) is 7.25. The first kappa shape index (κ1) is 16.7. The van der Waals surface area contributed by atoms with E-state index in [4.69, 9.17) is 10.5 Å². The molecule has 0 saturated carbocycles. The second kappa shape index (κ2) is 8.04. The highest BCUT2D eigenvalue weighted by atomic mass is 32.2. The predicted octanol–water partition coefficient (Wildman–Crippen LogP) is 1.70. The first-order valence-corrected chi connectivity index (χ1v) is 8.06. The van der Waals surface area contributed by atoms with Crippen LogP contribution in [0.25, 0.3) is 0 Å². The Hall–Kier alpha value is -1.37. The van der Waals surface area contributed by atoms with Gasteiger partial charge in [-0.25, -0.2) is 13.1 Å². The van der Waals surface area contributed by atoms with Crippen LogP contribution >= 0.6 is 0 Å². The zero-order chi connectivity index (χ0) is 15.0. The average molecular weight is 298 g/mol. The molecule has 0 spiro atoms. The maximum absolute atomic E-state index is 12.0. The van der Waals surface area contributed by atoms with E-state index >= 15 is 0 Å². The summed E-state index contributed by atoms with van der Waals surface area (Å²) >= 11 is 0. The Morgan fingerprint density at radius 2 is 2.15 bits per heavy atom. The van der Waals surface area contributed by atoms with Gasteiger partial charge in [0.05, 0.1) is 18.1 Å². The number of rotatable bonds is 9. The molecular formula is C14H22N2O3S. The van der Waals surface area contributed by atoms with Gasteiger partial charge in [-0.3, -0.25) is 0 Å². The highest BCUT2D eigenvalue weighted by Gasteiger charge is 2.14. The second-order valence-electron chi connectivity index (χ2n) is 4.30. The van der Waals surface area contributed by atoms with E-state index in [1.165, 1.54) is 6.07 Å². The Morgan fingerprint density at radius 1 is 1.40 bits per heavy atom. The summed E-state index contributed by atoms with van der Waals surface area (Å²) in [6.45, 7) is 6.65. The monoisotopic (exact) mass is 298 g/mol. The van der Waals surface area contributed by atoms with Crippen LogP contribution in [0.2, 0.25) is 0 Å². The minimum absolute atomic E-state index is 0.179. The summed E-state index contributed by atoms with van der Waals surface area (Å²) in [6.07, 6.45) is 3.28. The van der Waals surface area contributed by atoms with Crippen molar-refractivity contribution in [1.29, 1.82) is 0 Å². The molecule has 1 aromatic rings. The highest BCUT2D eigenvalue weighted by Crippen LogP contribution is 2.18. The Bertz CT molecular complexity index is 541. The maximum atomic E-state index is 12.0. The molecule has 112 valence electrons. The zero-order valence-electron chi connectivity index (χ0n) is 11.8. The van der Waals surface area contributed by atoms with Crippen LogP contribution in [-0.2, 0) is 21.2 Å². The lowest BCUT2D eigenvalue weighted by molar-refractivity contribution is 0.144. The molecule has 0 amide bonds. The molecular weight excluding hydrogens is 276 g/mol. The van der Waals surface area contributed by atoms with Crippen LogP contribution in [0, 0.1) is 0 Å². The number of ether oxygens (including phenoxy) is 1. The number of benzene rings is 1. The summed E-state index contributed by atoms with van der Waals surface area (Å²) < 4.78 is 31.8. The van der Waals surface area contributed by atoms with Gasteiger partial charge in [0, 0.05) is 12.2 Å². The molecule has 0 heterocycles. The molecule has 0 atom stereocenters. The molecule has 0 radical (unpaired) electrons. The van der Waals surface area contributed by atoms with E-state index in [1.54, 1.807) is 18.2 Å². The third-order valence-electron chi connectivity index (χ3n) is 2.81. The molecule has 5 nitrogen and oxygen atoms in total. The lowest BCUT2D eigenvalue weighted by Gasteiger charge is -2.09. The number of aryl methyl sites for hydroxylation is 1. The first-order valence-electron chi connectivity index (χ1n) is 6.58. The molecule has 0 fully saturated rings. The summed E-state index contributed by atoms with van der Waals surface area (Å²) in [5, 5.41) is 0. The molecule has 20 heavy (non-hydrogen) atoms. The standard InChI is InChI=1S/C14H22N2O3S/c1-3-5-9-19-10-8-16-20(17,18)13-7-6-12(4-2)14(15)11-13/h3,6-7,11,16H,1,4-5,8-10,15H2,2H3. The topological polar surface area (TPSA) is 81.4 Å². The van der Waals surface area contributed by atoms with Crippen molar-refractivity contribution in [3.8, 4) is 0 Å². The second-order valence-corrected chi connectivity index (χ2v) is 6.07. The smallest absolute Gasteiger partial charge is 0.240 e. The minimum atomic E-state index is -3.53. The number of nitrogens with two attached hydrogens (primary N) is 1. The average Bonchev–Trinajstić information content (AvgIpc) is 2.42. The van der Waals surface area contributed by atoms with E-state index in [9.17, 15) is 8.42 Å². The minimum Gasteiger partial charge on any atom is -0.398 e. The van der Waals surface area contributed by atoms with E-state index in [0.717, 1.165) is 18.4 Å². The van der Waals surface area contributed by atoms with Crippen LogP contribution in [0.5, 0.6) is 0 Å². The lowest BCUT2D eigenvalue weighted by atomic mass is 10.1. The largest absolute Gasteiger partial charge is 0.398 e. The third kappa shape index (κ3) is 4.96. The maximum Gasteiger partial charge on any atom is 0.240 e. The molecule has 0 aromatic heterocycles. The van der Waals surface area contributed by atoms with Crippen molar-refractivity contribution in [3.05, 3.63) is 36.4 Å². The van der Waals surface area contributed by atoms with Crippen LogP contribution in [-0.4, -0.2) is 28.2 Å². The predicted molar refractivity (Wildman–Crippen MR) is 81.1 cm³/mol. The lowest BCUT2D eigenvalue weighted by Crippen LogP contribution is -2.27. The van der Waals surface area contributed by atoms with E-state index < -0.39 is 10.0 Å². The summed E-state index contributed by atoms with van der Waals surface area (Å²) in [5.74, 6) is 0. The number of hydrogen-bond donors (Lipinski definition) is 2. The quantitative estimate of drug-likeness (QED) is 0.413. The van der Waals surface area contributed by atoms with Crippen molar-refractivity contribution in [2.75, 3.05) is 25.5 Å². The Morgan fingerprint density at radius 3 is 2.75 bits per heavy atom. The van der Waals surface area contributed by atoms with Crippen molar-refractivity contribution in [1.82, 2.24) is 4.72 Å². The molecule has 0 aliphatic heterocycles. The van der Waals surface area contributed by atoms with Gasteiger partial charge in [0.1, 0.15) is 0 Å². The van der Waals surface area contributed by atoms with E-state index in [1.807, 2.05) is 6.92 Å². The Kier molecular flexibility index (Phi) is 6.70. The molecule has 0 saturated heterocycles. The molecule has 3 N–H and O–H groups in total. The fourth-order valence-electron chi connectivity index (χ4n) is 1.66. The van der Waals surface area contributed by atoms with Gasteiger partial charge < -0.3 is 10.5 Å². The van der Waals surface area contributed by atoms with Crippen LogP contribution < -0.4 is 10.5 Å². The summed E-state index contributed by atoms with van der Waals surface area (Å²) in [7, 11) is -3.53. The number of nitrogen functional groups attached to an aromatic ring is 1. The van der Waals surface area contributed by atoms with Crippen molar-refractivity contribution >= 4 is 15.7 Å². The van der Waals surface area contributed by atoms with Gasteiger partial charge in [0.15, 0.2) is 0 Å². The van der Waals surface area contributed by atoms with Crippen LogP contribution in [0.4, 0.5) is 5.69 Å². The van der Waals surface area contributed by atoms with Gasteiger partial charge in [0.25, 0.3) is 0 Å². The molecule has 0 aliphatic carbocycles. The Balaban J connectivity index is 2.56.